The summed E-state index contributed by atoms with van der Waals surface area (Å²) in [6.07, 6.45) is 61.4. The van der Waals surface area contributed by atoms with Gasteiger partial charge in [-0.15, -0.1) is 0 Å². The molecule has 6 atom stereocenters. The van der Waals surface area contributed by atoms with Gasteiger partial charge in [0.15, 0.2) is 12.2 Å². The molecule has 0 amide bonds. The Kier molecular flexibility index (Phi) is 71.5. The van der Waals surface area contributed by atoms with E-state index in [9.17, 15) is 43.2 Å². The second-order valence-corrected chi connectivity index (χ2v) is 34.8. The molecule has 0 radical (unpaired) electrons. The van der Waals surface area contributed by atoms with Gasteiger partial charge < -0.3 is 33.8 Å². The second-order valence-electron chi connectivity index (χ2n) is 31.9. The summed E-state index contributed by atoms with van der Waals surface area (Å²) in [7, 11) is -9.92. The highest BCUT2D eigenvalue weighted by atomic mass is 31.2. The summed E-state index contributed by atoms with van der Waals surface area (Å²) in [5, 5.41) is 10.6. The monoisotopic (exact) mass is 1510 g/mol. The van der Waals surface area contributed by atoms with Crippen LogP contribution in [0.1, 0.15) is 434 Å². The fourth-order valence-electron chi connectivity index (χ4n) is 12.9. The van der Waals surface area contributed by atoms with Crippen molar-refractivity contribution in [2.75, 3.05) is 39.6 Å². The molecule has 0 aliphatic heterocycles. The topological polar surface area (TPSA) is 237 Å². The molecule has 17 nitrogen and oxygen atoms in total. The Labute approximate surface area is 632 Å². The van der Waals surface area contributed by atoms with Gasteiger partial charge in [-0.25, -0.2) is 9.13 Å². The predicted octanol–water partition coefficient (Wildman–Crippen LogP) is 25.2. The van der Waals surface area contributed by atoms with Crippen molar-refractivity contribution < 1.29 is 80.2 Å². The Hall–Kier alpha value is -1.94. The molecule has 0 saturated carbocycles. The molecule has 0 aliphatic rings. The van der Waals surface area contributed by atoms with E-state index in [0.717, 1.165) is 114 Å². The van der Waals surface area contributed by atoms with Crippen molar-refractivity contribution in [1.82, 2.24) is 0 Å². The van der Waals surface area contributed by atoms with Crippen molar-refractivity contribution in [2.24, 2.45) is 23.7 Å². The van der Waals surface area contributed by atoms with Crippen molar-refractivity contribution in [3.63, 3.8) is 0 Å². The SMILES string of the molecule is CCC(C)CCCCCCCCC(=O)O[C@H](COC(=O)CCCCCCCCCCC(C)C)COP(=O)(O)OCC(O)COP(=O)(O)OC[C@@H](COC(=O)CCCCCCCCCCCCCCCCCCCCC(C)C)OC(=O)CCCCCCCCCCCCCCCCCCCCC(C)C. The summed E-state index contributed by atoms with van der Waals surface area (Å²) in [5.41, 5.74) is 0. The van der Waals surface area contributed by atoms with E-state index in [4.69, 9.17) is 37.0 Å². The van der Waals surface area contributed by atoms with E-state index in [2.05, 4.69) is 55.4 Å². The molecule has 103 heavy (non-hydrogen) atoms. The molecule has 19 heteroatoms. The molecule has 612 valence electrons. The molecule has 0 heterocycles. The van der Waals surface area contributed by atoms with Gasteiger partial charge in [0.2, 0.25) is 0 Å². The largest absolute Gasteiger partial charge is 0.472 e. The molecule has 0 bridgehead atoms. The Bertz CT molecular complexity index is 2010. The maximum atomic E-state index is 13.1. The first-order chi connectivity index (χ1) is 49.6. The number of phosphoric acid groups is 2. The van der Waals surface area contributed by atoms with Crippen molar-refractivity contribution in [1.29, 1.82) is 0 Å². The van der Waals surface area contributed by atoms with Gasteiger partial charge in [-0.2, -0.15) is 0 Å². The summed E-state index contributed by atoms with van der Waals surface area (Å²) in [6.45, 7) is 14.2. The van der Waals surface area contributed by atoms with Crippen molar-refractivity contribution in [3.8, 4) is 0 Å². The number of esters is 4. The molecule has 4 unspecified atom stereocenters. The standard InChI is InChI=1S/C84H164O17P2/c1-9-77(8)63-55-47-42-43-51-59-67-84(89)101-80(71-95-82(87)65-57-49-40-35-34-38-46-54-62-76(6)7)73-99-103(92,93)97-69-78(85)68-96-102(90,91)98-72-79(100-83(88)66-58-50-41-33-29-25-21-17-13-11-15-19-23-27-31-37-45-53-61-75(4)5)70-94-81(86)64-56-48-39-32-28-24-20-16-12-10-14-18-22-26-30-36-44-52-60-74(2)3/h74-80,85H,9-73H2,1-8H3,(H,90,91)(H,92,93)/t77?,78?,79-,80-/m1/s1. The summed E-state index contributed by atoms with van der Waals surface area (Å²) >= 11 is 0. The van der Waals surface area contributed by atoms with Crippen LogP contribution >= 0.6 is 15.6 Å². The minimum absolute atomic E-state index is 0.102. The maximum Gasteiger partial charge on any atom is 0.472 e. The lowest BCUT2D eigenvalue weighted by atomic mass is 10.00. The minimum Gasteiger partial charge on any atom is -0.462 e. The first-order valence-corrected chi connectivity index (χ1v) is 46.2. The average molecular weight is 1510 g/mol. The molecule has 0 aliphatic carbocycles. The Morgan fingerprint density at radius 1 is 0.272 bits per heavy atom. The smallest absolute Gasteiger partial charge is 0.462 e. The number of aliphatic hydroxyl groups is 1. The zero-order valence-corrected chi connectivity index (χ0v) is 69.7. The van der Waals surface area contributed by atoms with E-state index in [1.165, 1.54) is 238 Å². The molecular weight excluding hydrogens is 1340 g/mol. The quantitative estimate of drug-likeness (QED) is 0.0222. The van der Waals surface area contributed by atoms with E-state index in [1.54, 1.807) is 0 Å². The number of ether oxygens (including phenoxy) is 4. The van der Waals surface area contributed by atoms with Crippen LogP contribution in [0, 0.1) is 23.7 Å². The fraction of sp³-hybridized carbons (Fsp3) is 0.952. The van der Waals surface area contributed by atoms with Gasteiger partial charge in [-0.1, -0.05) is 383 Å². The molecule has 0 saturated heterocycles. The molecule has 0 aromatic heterocycles. The van der Waals surface area contributed by atoms with Gasteiger partial charge in [-0.05, 0) is 49.4 Å². The van der Waals surface area contributed by atoms with Gasteiger partial charge >= 0.3 is 39.5 Å². The second kappa shape index (κ2) is 72.9. The lowest BCUT2D eigenvalue weighted by Crippen LogP contribution is -2.30. The number of rotatable bonds is 81. The van der Waals surface area contributed by atoms with E-state index in [0.29, 0.717) is 25.7 Å². The summed E-state index contributed by atoms with van der Waals surface area (Å²) in [4.78, 5) is 73.0. The van der Waals surface area contributed by atoms with Crippen LogP contribution in [0.15, 0.2) is 0 Å². The molecule has 0 aromatic rings. The molecule has 0 spiro atoms. The zero-order chi connectivity index (χ0) is 76.0. The predicted molar refractivity (Wildman–Crippen MR) is 423 cm³/mol. The van der Waals surface area contributed by atoms with E-state index in [1.807, 2.05) is 0 Å². The lowest BCUT2D eigenvalue weighted by Gasteiger charge is -2.21. The first-order valence-electron chi connectivity index (χ1n) is 43.2. The number of unbranched alkanes of at least 4 members (excludes halogenated alkanes) is 46. The van der Waals surface area contributed by atoms with Gasteiger partial charge in [0.1, 0.15) is 19.3 Å². The minimum atomic E-state index is -4.97. The van der Waals surface area contributed by atoms with Crippen molar-refractivity contribution in [2.45, 2.75) is 453 Å². The maximum absolute atomic E-state index is 13.1. The average Bonchev–Trinajstić information content (AvgIpc) is 0.905. The number of hydrogen-bond donors (Lipinski definition) is 3. The molecule has 3 N–H and O–H groups in total. The number of phosphoric ester groups is 2. The Balaban J connectivity index is 5.19. The van der Waals surface area contributed by atoms with Crippen molar-refractivity contribution >= 4 is 39.5 Å². The van der Waals surface area contributed by atoms with Gasteiger partial charge in [0.05, 0.1) is 26.4 Å². The van der Waals surface area contributed by atoms with E-state index >= 15 is 0 Å². The number of carbonyl (C=O) groups excluding carboxylic acids is 4. The summed E-state index contributed by atoms with van der Waals surface area (Å²) in [6, 6.07) is 0. The third-order valence-electron chi connectivity index (χ3n) is 19.9. The van der Waals surface area contributed by atoms with E-state index in [-0.39, 0.29) is 25.7 Å². The van der Waals surface area contributed by atoms with E-state index < -0.39 is 97.5 Å². The molecular formula is C84H164O17P2. The van der Waals surface area contributed by atoms with Crippen LogP contribution in [0.5, 0.6) is 0 Å². The van der Waals surface area contributed by atoms with Crippen LogP contribution < -0.4 is 0 Å². The number of aliphatic hydroxyl groups excluding tert-OH is 1. The summed E-state index contributed by atoms with van der Waals surface area (Å²) in [5.74, 6) is 0.975. The molecule has 0 aromatic carbocycles. The van der Waals surface area contributed by atoms with Crippen LogP contribution in [-0.4, -0.2) is 96.7 Å². The normalized spacial score (nSPS) is 14.2. The molecule has 0 rings (SSSR count). The highest BCUT2D eigenvalue weighted by molar-refractivity contribution is 7.47. The van der Waals surface area contributed by atoms with Gasteiger partial charge in [0.25, 0.3) is 0 Å². The third-order valence-corrected chi connectivity index (χ3v) is 21.8. The molecule has 0 fully saturated rings. The van der Waals surface area contributed by atoms with Crippen LogP contribution in [-0.2, 0) is 65.4 Å². The van der Waals surface area contributed by atoms with Crippen LogP contribution in [0.2, 0.25) is 0 Å². The third kappa shape index (κ3) is 76.6. The number of hydrogen-bond acceptors (Lipinski definition) is 15. The fourth-order valence-corrected chi connectivity index (χ4v) is 14.5. The zero-order valence-electron chi connectivity index (χ0n) is 68.0. The highest BCUT2D eigenvalue weighted by Gasteiger charge is 2.30. The van der Waals surface area contributed by atoms with Crippen LogP contribution in [0.4, 0.5) is 0 Å². The van der Waals surface area contributed by atoms with Crippen LogP contribution in [0.25, 0.3) is 0 Å². The highest BCUT2D eigenvalue weighted by Crippen LogP contribution is 2.45. The number of carbonyl (C=O) groups is 4. The van der Waals surface area contributed by atoms with Gasteiger partial charge in [-0.3, -0.25) is 37.3 Å². The Morgan fingerprint density at radius 3 is 0.689 bits per heavy atom. The summed E-state index contributed by atoms with van der Waals surface area (Å²) < 4.78 is 68.7. The van der Waals surface area contributed by atoms with Crippen molar-refractivity contribution in [3.05, 3.63) is 0 Å². The van der Waals surface area contributed by atoms with Crippen LogP contribution in [0.3, 0.4) is 0 Å². The Morgan fingerprint density at radius 2 is 0.466 bits per heavy atom. The lowest BCUT2D eigenvalue weighted by molar-refractivity contribution is -0.161. The van der Waals surface area contributed by atoms with Gasteiger partial charge in [0, 0.05) is 25.7 Å². The first kappa shape index (κ1) is 101.